The van der Waals surface area contributed by atoms with Gasteiger partial charge in [0, 0.05) is 44.8 Å². The van der Waals surface area contributed by atoms with Crippen LogP contribution in [0.5, 0.6) is 0 Å². The van der Waals surface area contributed by atoms with Crippen molar-refractivity contribution >= 4 is 5.91 Å². The Bertz CT molecular complexity index is 537. The molecular formula is C18H30N4O2. The topological polar surface area (TPSA) is 61.6 Å². The number of piperazine rings is 1. The fourth-order valence-electron chi connectivity index (χ4n) is 3.81. The summed E-state index contributed by atoms with van der Waals surface area (Å²) in [5.74, 6) is 1.66. The number of hydrogen-bond acceptors (Lipinski definition) is 5. The highest BCUT2D eigenvalue weighted by atomic mass is 16.5. The highest BCUT2D eigenvalue weighted by Crippen LogP contribution is 2.23. The van der Waals surface area contributed by atoms with Crippen LogP contribution in [-0.2, 0) is 11.3 Å². The van der Waals surface area contributed by atoms with Gasteiger partial charge in [-0.1, -0.05) is 24.9 Å². The van der Waals surface area contributed by atoms with Gasteiger partial charge in [0.05, 0.1) is 12.2 Å². The smallest absolute Gasteiger partial charge is 0.234 e. The number of amides is 1. The van der Waals surface area contributed by atoms with Crippen molar-refractivity contribution in [1.82, 2.24) is 20.3 Å². The molecule has 3 rings (SSSR count). The zero-order valence-electron chi connectivity index (χ0n) is 15.0. The molecule has 1 aromatic rings. The molecule has 0 bridgehead atoms. The zero-order chi connectivity index (χ0) is 16.9. The number of nitrogens with one attached hydrogen (secondary N) is 1. The maximum absolute atomic E-state index is 12.3. The lowest BCUT2D eigenvalue weighted by atomic mass is 9.86. The van der Waals surface area contributed by atoms with Gasteiger partial charge < -0.3 is 9.84 Å². The van der Waals surface area contributed by atoms with Gasteiger partial charge in [-0.05, 0) is 25.7 Å². The van der Waals surface area contributed by atoms with Gasteiger partial charge in [-0.15, -0.1) is 0 Å². The molecule has 0 spiro atoms. The third kappa shape index (κ3) is 4.80. The maximum Gasteiger partial charge on any atom is 0.234 e. The fraction of sp³-hybridized carbons (Fsp3) is 0.778. The summed E-state index contributed by atoms with van der Waals surface area (Å²) in [5, 5.41) is 7.31. The number of hydrogen-bond donors (Lipinski definition) is 1. The lowest BCUT2D eigenvalue weighted by Gasteiger charge is -2.35. The van der Waals surface area contributed by atoms with Crippen LogP contribution < -0.4 is 5.32 Å². The van der Waals surface area contributed by atoms with Crippen LogP contribution in [-0.4, -0.2) is 59.6 Å². The average Bonchev–Trinajstić information content (AvgIpc) is 2.96. The first-order valence-corrected chi connectivity index (χ1v) is 9.26. The maximum atomic E-state index is 12.3. The van der Waals surface area contributed by atoms with E-state index in [1.807, 2.05) is 13.0 Å². The number of aromatic nitrogens is 1. The lowest BCUT2D eigenvalue weighted by Crippen LogP contribution is -2.51. The van der Waals surface area contributed by atoms with Crippen LogP contribution in [0, 0.1) is 12.8 Å². The van der Waals surface area contributed by atoms with E-state index in [9.17, 15) is 4.79 Å². The third-order valence-corrected chi connectivity index (χ3v) is 5.35. The van der Waals surface area contributed by atoms with Crippen LogP contribution in [0.1, 0.15) is 44.1 Å². The number of rotatable bonds is 5. The molecule has 1 aliphatic carbocycles. The molecule has 0 radical (unpaired) electrons. The zero-order valence-corrected chi connectivity index (χ0v) is 15.0. The summed E-state index contributed by atoms with van der Waals surface area (Å²) in [5.41, 5.74) is 0.991. The summed E-state index contributed by atoms with van der Waals surface area (Å²) >= 11 is 0. The molecule has 2 heterocycles. The van der Waals surface area contributed by atoms with Gasteiger partial charge in [-0.25, -0.2) is 0 Å². The van der Waals surface area contributed by atoms with Crippen LogP contribution in [0.3, 0.4) is 0 Å². The van der Waals surface area contributed by atoms with E-state index in [1.165, 1.54) is 19.3 Å². The first-order valence-electron chi connectivity index (χ1n) is 9.26. The van der Waals surface area contributed by atoms with Crippen LogP contribution >= 0.6 is 0 Å². The van der Waals surface area contributed by atoms with E-state index in [-0.39, 0.29) is 5.91 Å². The molecule has 6 heteroatoms. The average molecular weight is 334 g/mol. The minimum absolute atomic E-state index is 0.189. The van der Waals surface area contributed by atoms with Gasteiger partial charge in [-0.2, -0.15) is 0 Å². The molecule has 0 unspecified atom stereocenters. The molecule has 2 fully saturated rings. The molecule has 1 amide bonds. The molecule has 1 saturated carbocycles. The standard InChI is InChI=1S/C18H30N4O2/c1-14-5-3-4-6-17(14)19-18(23)13-22-9-7-21(8-10-22)12-16-11-15(2)24-20-16/h11,14,17H,3-10,12-13H2,1-2H3,(H,19,23)/t14-,17-/m1/s1. The van der Waals surface area contributed by atoms with E-state index in [0.29, 0.717) is 18.5 Å². The molecule has 2 atom stereocenters. The van der Waals surface area contributed by atoms with Gasteiger partial charge in [0.15, 0.2) is 0 Å². The van der Waals surface area contributed by atoms with E-state index in [0.717, 1.165) is 50.6 Å². The van der Waals surface area contributed by atoms with E-state index in [1.54, 1.807) is 0 Å². The van der Waals surface area contributed by atoms with Gasteiger partial charge in [0.25, 0.3) is 0 Å². The second-order valence-corrected chi connectivity index (χ2v) is 7.42. The molecule has 2 aliphatic rings. The monoisotopic (exact) mass is 334 g/mol. The summed E-state index contributed by atoms with van der Waals surface area (Å²) in [4.78, 5) is 16.9. The van der Waals surface area contributed by atoms with Crippen molar-refractivity contribution in [3.05, 3.63) is 17.5 Å². The Hall–Kier alpha value is -1.40. The summed E-state index contributed by atoms with van der Waals surface area (Å²) in [6.45, 7) is 9.35. The van der Waals surface area contributed by atoms with Crippen molar-refractivity contribution in [2.24, 2.45) is 5.92 Å². The Morgan fingerprint density at radius 2 is 1.96 bits per heavy atom. The van der Waals surface area contributed by atoms with Crippen molar-refractivity contribution < 1.29 is 9.32 Å². The second-order valence-electron chi connectivity index (χ2n) is 7.42. The van der Waals surface area contributed by atoms with Crippen molar-refractivity contribution in [1.29, 1.82) is 0 Å². The van der Waals surface area contributed by atoms with Crippen LogP contribution in [0.25, 0.3) is 0 Å². The number of carbonyl (C=O) groups is 1. The summed E-state index contributed by atoms with van der Waals surface area (Å²) in [7, 11) is 0. The summed E-state index contributed by atoms with van der Waals surface area (Å²) < 4.78 is 5.12. The predicted molar refractivity (Wildman–Crippen MR) is 92.5 cm³/mol. The Kier molecular flexibility index (Phi) is 5.89. The van der Waals surface area contributed by atoms with Gasteiger partial charge in [0.1, 0.15) is 5.76 Å². The molecule has 24 heavy (non-hydrogen) atoms. The molecule has 1 saturated heterocycles. The second kappa shape index (κ2) is 8.12. The molecule has 0 aromatic carbocycles. The molecule has 134 valence electrons. The largest absolute Gasteiger partial charge is 0.361 e. The van der Waals surface area contributed by atoms with Crippen molar-refractivity contribution in [2.75, 3.05) is 32.7 Å². The normalized spacial score (nSPS) is 26.4. The lowest BCUT2D eigenvalue weighted by molar-refractivity contribution is -0.124. The molecular weight excluding hydrogens is 304 g/mol. The SMILES string of the molecule is Cc1cc(CN2CCN(CC(=O)N[C@@H]3CCCC[C@H]3C)CC2)no1. The van der Waals surface area contributed by atoms with E-state index in [4.69, 9.17) is 4.52 Å². The van der Waals surface area contributed by atoms with E-state index in [2.05, 4.69) is 27.2 Å². The third-order valence-electron chi connectivity index (χ3n) is 5.35. The van der Waals surface area contributed by atoms with Crippen molar-refractivity contribution in [3.8, 4) is 0 Å². The van der Waals surface area contributed by atoms with Gasteiger partial charge in [-0.3, -0.25) is 14.6 Å². The number of aryl methyl sites for hydroxylation is 1. The van der Waals surface area contributed by atoms with Crippen molar-refractivity contribution in [2.45, 2.75) is 52.1 Å². The minimum Gasteiger partial charge on any atom is -0.361 e. The highest BCUT2D eigenvalue weighted by Gasteiger charge is 2.25. The molecule has 6 nitrogen and oxygen atoms in total. The molecule has 1 aliphatic heterocycles. The van der Waals surface area contributed by atoms with Crippen LogP contribution in [0.15, 0.2) is 10.6 Å². The molecule has 1 aromatic heterocycles. The number of nitrogens with zero attached hydrogens (tertiary/aromatic N) is 3. The quantitative estimate of drug-likeness (QED) is 0.890. The highest BCUT2D eigenvalue weighted by molar-refractivity contribution is 5.78. The Morgan fingerprint density at radius 3 is 2.62 bits per heavy atom. The Labute approximate surface area is 144 Å². The van der Waals surface area contributed by atoms with Gasteiger partial charge >= 0.3 is 0 Å². The predicted octanol–water partition coefficient (Wildman–Crippen LogP) is 1.80. The minimum atomic E-state index is 0.189. The number of carbonyl (C=O) groups excluding carboxylic acids is 1. The fourth-order valence-corrected chi connectivity index (χ4v) is 3.81. The van der Waals surface area contributed by atoms with E-state index < -0.39 is 0 Å². The first kappa shape index (κ1) is 17.4. The van der Waals surface area contributed by atoms with E-state index >= 15 is 0 Å². The first-order chi connectivity index (χ1) is 11.6. The Balaban J connectivity index is 1.37. The Morgan fingerprint density at radius 1 is 1.25 bits per heavy atom. The van der Waals surface area contributed by atoms with Crippen LogP contribution in [0.2, 0.25) is 0 Å². The van der Waals surface area contributed by atoms with Crippen LogP contribution in [0.4, 0.5) is 0 Å². The summed E-state index contributed by atoms with van der Waals surface area (Å²) in [6, 6.07) is 2.37. The van der Waals surface area contributed by atoms with Gasteiger partial charge in [0.2, 0.25) is 5.91 Å². The molecule has 1 N–H and O–H groups in total. The van der Waals surface area contributed by atoms with Crippen molar-refractivity contribution in [3.63, 3.8) is 0 Å². The summed E-state index contributed by atoms with van der Waals surface area (Å²) in [6.07, 6.45) is 4.93.